The number of carbonyl (C=O) groups is 1. The largest absolute Gasteiger partial charge is 0.478 e. The van der Waals surface area contributed by atoms with Crippen molar-refractivity contribution in [2.45, 2.75) is 0 Å². The van der Waals surface area contributed by atoms with Gasteiger partial charge in [0.15, 0.2) is 0 Å². The van der Waals surface area contributed by atoms with E-state index in [0.717, 1.165) is 0 Å². The average molecular weight is 182 g/mol. The Labute approximate surface area is 73.3 Å². The van der Waals surface area contributed by atoms with Crippen LogP contribution in [0.2, 0.25) is 0 Å². The Hall–Kier alpha value is -1.31. The van der Waals surface area contributed by atoms with Crippen molar-refractivity contribution in [3.05, 3.63) is 21.9 Å². The normalized spacial score (nSPS) is 8.75. The van der Waals surface area contributed by atoms with Crippen molar-refractivity contribution in [3.8, 4) is 11.8 Å². The van der Waals surface area contributed by atoms with E-state index in [2.05, 4.69) is 11.8 Å². The number of carboxylic acid groups (broad SMARTS) is 1. The van der Waals surface area contributed by atoms with Crippen LogP contribution in [0.3, 0.4) is 0 Å². The number of aliphatic hydroxyl groups excluding tert-OH is 1. The van der Waals surface area contributed by atoms with Crippen LogP contribution >= 0.6 is 11.3 Å². The molecule has 2 N–H and O–H groups in total. The van der Waals surface area contributed by atoms with Crippen molar-refractivity contribution in [2.75, 3.05) is 6.61 Å². The topological polar surface area (TPSA) is 57.5 Å². The molecule has 0 atom stereocenters. The molecule has 1 rings (SSSR count). The minimum Gasteiger partial charge on any atom is -0.478 e. The van der Waals surface area contributed by atoms with E-state index in [-0.39, 0.29) is 12.2 Å². The maximum absolute atomic E-state index is 10.5. The van der Waals surface area contributed by atoms with Crippen LogP contribution < -0.4 is 0 Å². The van der Waals surface area contributed by atoms with Gasteiger partial charge in [0.25, 0.3) is 0 Å². The number of hydrogen-bond donors (Lipinski definition) is 2. The van der Waals surface area contributed by atoms with Crippen molar-refractivity contribution in [2.24, 2.45) is 0 Å². The van der Waals surface area contributed by atoms with E-state index in [1.807, 2.05) is 0 Å². The SMILES string of the molecule is O=C(O)c1cscc1C#CCO. The fraction of sp³-hybridized carbons (Fsp3) is 0.125. The molecular weight excluding hydrogens is 176 g/mol. The second-order valence-electron chi connectivity index (χ2n) is 1.96. The summed E-state index contributed by atoms with van der Waals surface area (Å²) in [5.41, 5.74) is 0.655. The lowest BCUT2D eigenvalue weighted by Gasteiger charge is -1.87. The van der Waals surface area contributed by atoms with Crippen molar-refractivity contribution in [1.29, 1.82) is 0 Å². The second kappa shape index (κ2) is 3.90. The summed E-state index contributed by atoms with van der Waals surface area (Å²) in [6.45, 7) is -0.255. The molecule has 0 fully saturated rings. The third-order valence-electron chi connectivity index (χ3n) is 1.19. The molecule has 0 saturated carbocycles. The summed E-state index contributed by atoms with van der Waals surface area (Å²) >= 11 is 1.28. The molecule has 0 unspecified atom stereocenters. The van der Waals surface area contributed by atoms with E-state index in [9.17, 15) is 4.79 Å². The Morgan fingerprint density at radius 2 is 2.33 bits per heavy atom. The summed E-state index contributed by atoms with van der Waals surface area (Å²) in [6, 6.07) is 0. The van der Waals surface area contributed by atoms with Gasteiger partial charge in [-0.2, -0.15) is 11.3 Å². The highest BCUT2D eigenvalue weighted by Gasteiger charge is 2.07. The Morgan fingerprint density at radius 1 is 1.58 bits per heavy atom. The predicted molar refractivity (Wildman–Crippen MR) is 45.2 cm³/mol. The van der Waals surface area contributed by atoms with Crippen LogP contribution in [0.25, 0.3) is 0 Å². The van der Waals surface area contributed by atoms with E-state index in [0.29, 0.717) is 5.56 Å². The Balaban J connectivity index is 2.99. The molecule has 62 valence electrons. The molecule has 12 heavy (non-hydrogen) atoms. The van der Waals surface area contributed by atoms with Crippen molar-refractivity contribution in [1.82, 2.24) is 0 Å². The first-order valence-electron chi connectivity index (χ1n) is 3.15. The maximum Gasteiger partial charge on any atom is 0.337 e. The van der Waals surface area contributed by atoms with Crippen LogP contribution in [0.5, 0.6) is 0 Å². The zero-order valence-electron chi connectivity index (χ0n) is 6.07. The molecule has 3 nitrogen and oxygen atoms in total. The fourth-order valence-electron chi connectivity index (χ4n) is 0.694. The molecule has 0 saturated heterocycles. The Morgan fingerprint density at radius 3 is 2.92 bits per heavy atom. The molecule has 0 aliphatic heterocycles. The lowest BCUT2D eigenvalue weighted by atomic mass is 10.2. The molecular formula is C8H6O3S. The molecule has 0 aliphatic carbocycles. The highest BCUT2D eigenvalue weighted by molar-refractivity contribution is 7.08. The monoisotopic (exact) mass is 182 g/mol. The minimum absolute atomic E-state index is 0.195. The van der Waals surface area contributed by atoms with Crippen LogP contribution in [0.1, 0.15) is 15.9 Å². The zero-order valence-corrected chi connectivity index (χ0v) is 6.89. The van der Waals surface area contributed by atoms with E-state index >= 15 is 0 Å². The van der Waals surface area contributed by atoms with Crippen LogP contribution in [0.4, 0.5) is 0 Å². The van der Waals surface area contributed by atoms with Gasteiger partial charge in [-0.25, -0.2) is 4.79 Å². The molecule has 0 aromatic carbocycles. The second-order valence-corrected chi connectivity index (χ2v) is 2.71. The van der Waals surface area contributed by atoms with Gasteiger partial charge in [-0.05, 0) is 0 Å². The first kappa shape index (κ1) is 8.78. The predicted octanol–water partition coefficient (Wildman–Crippen LogP) is 0.790. The third-order valence-corrected chi connectivity index (χ3v) is 1.94. The van der Waals surface area contributed by atoms with Gasteiger partial charge in [-0.1, -0.05) is 11.8 Å². The number of carboxylic acids is 1. The summed E-state index contributed by atoms with van der Waals surface area (Å²) < 4.78 is 0. The average Bonchev–Trinajstić information content (AvgIpc) is 2.48. The van der Waals surface area contributed by atoms with Crippen LogP contribution in [-0.4, -0.2) is 22.8 Å². The molecule has 0 spiro atoms. The number of aliphatic hydroxyl groups is 1. The minimum atomic E-state index is -0.988. The van der Waals surface area contributed by atoms with Crippen LogP contribution in [0, 0.1) is 11.8 Å². The van der Waals surface area contributed by atoms with Gasteiger partial charge in [0.2, 0.25) is 0 Å². The Bertz CT molecular complexity index is 343. The summed E-state index contributed by atoms with van der Waals surface area (Å²) in [4.78, 5) is 10.5. The van der Waals surface area contributed by atoms with Crippen molar-refractivity contribution < 1.29 is 15.0 Å². The Kier molecular flexibility index (Phi) is 2.86. The van der Waals surface area contributed by atoms with E-state index in [1.165, 1.54) is 16.7 Å². The first-order valence-corrected chi connectivity index (χ1v) is 4.09. The van der Waals surface area contributed by atoms with Gasteiger partial charge in [-0.3, -0.25) is 0 Å². The third kappa shape index (κ3) is 1.84. The molecule has 0 amide bonds. The fourth-order valence-corrected chi connectivity index (χ4v) is 1.45. The smallest absolute Gasteiger partial charge is 0.337 e. The quantitative estimate of drug-likeness (QED) is 0.631. The zero-order chi connectivity index (χ0) is 8.97. The standard InChI is InChI=1S/C8H6O3S/c9-3-1-2-6-4-12-5-7(6)8(10)11/h4-5,9H,3H2,(H,10,11). The summed E-state index contributed by atoms with van der Waals surface area (Å²) in [6.07, 6.45) is 0. The van der Waals surface area contributed by atoms with E-state index in [1.54, 1.807) is 5.38 Å². The molecule has 0 radical (unpaired) electrons. The lowest BCUT2D eigenvalue weighted by Crippen LogP contribution is -1.95. The molecule has 1 heterocycles. The van der Waals surface area contributed by atoms with Gasteiger partial charge < -0.3 is 10.2 Å². The van der Waals surface area contributed by atoms with E-state index in [4.69, 9.17) is 10.2 Å². The molecule has 0 bridgehead atoms. The van der Waals surface area contributed by atoms with Crippen LogP contribution in [0.15, 0.2) is 10.8 Å². The van der Waals surface area contributed by atoms with Crippen LogP contribution in [-0.2, 0) is 0 Å². The molecule has 1 aromatic heterocycles. The summed E-state index contributed by atoms with van der Waals surface area (Å²) in [5.74, 6) is 3.96. The van der Waals surface area contributed by atoms with Crippen molar-refractivity contribution >= 4 is 17.3 Å². The summed E-state index contributed by atoms with van der Waals surface area (Å²) in [7, 11) is 0. The van der Waals surface area contributed by atoms with Gasteiger partial charge in [-0.15, -0.1) is 0 Å². The molecule has 0 aliphatic rings. The van der Waals surface area contributed by atoms with Crippen molar-refractivity contribution in [3.63, 3.8) is 0 Å². The lowest BCUT2D eigenvalue weighted by molar-refractivity contribution is 0.0697. The first-order chi connectivity index (χ1) is 5.75. The van der Waals surface area contributed by atoms with Gasteiger partial charge in [0.1, 0.15) is 6.61 Å². The molecule has 4 heteroatoms. The van der Waals surface area contributed by atoms with Gasteiger partial charge in [0.05, 0.1) is 5.56 Å². The number of rotatable bonds is 1. The molecule has 1 aromatic rings. The highest BCUT2D eigenvalue weighted by atomic mass is 32.1. The highest BCUT2D eigenvalue weighted by Crippen LogP contribution is 2.13. The number of hydrogen-bond acceptors (Lipinski definition) is 3. The van der Waals surface area contributed by atoms with Gasteiger partial charge in [0, 0.05) is 16.3 Å². The summed E-state index contributed by atoms with van der Waals surface area (Å²) in [5, 5.41) is 20.2. The number of thiophene rings is 1. The maximum atomic E-state index is 10.5. The number of aromatic carboxylic acids is 1. The van der Waals surface area contributed by atoms with Gasteiger partial charge >= 0.3 is 5.97 Å². The van der Waals surface area contributed by atoms with E-state index < -0.39 is 5.97 Å².